The molecule has 2 N–H and O–H groups in total. The highest BCUT2D eigenvalue weighted by Gasteiger charge is 2.14. The number of carbonyl (C=O) groups excluding carboxylic acids is 1. The summed E-state index contributed by atoms with van der Waals surface area (Å²) in [4.78, 5) is 12.8. The van der Waals surface area contributed by atoms with E-state index >= 15 is 0 Å². The summed E-state index contributed by atoms with van der Waals surface area (Å²) in [7, 11) is 0. The fourth-order valence-electron chi connectivity index (χ4n) is 2.77. The molecule has 0 aliphatic rings. The molecule has 0 radical (unpaired) electrons. The molecule has 3 aromatic rings. The number of amides is 1. The van der Waals surface area contributed by atoms with Gasteiger partial charge in [0.15, 0.2) is 0 Å². The van der Waals surface area contributed by atoms with Crippen LogP contribution in [0.3, 0.4) is 0 Å². The number of benzene rings is 3. The monoisotopic (exact) mass is 330 g/mol. The van der Waals surface area contributed by atoms with Gasteiger partial charge in [0.05, 0.1) is 11.3 Å². The lowest BCUT2D eigenvalue weighted by molar-refractivity contribution is 0.102. The molecule has 3 heteroatoms. The average Bonchev–Trinajstić information content (AvgIpc) is 2.63. The van der Waals surface area contributed by atoms with Gasteiger partial charge in [0.2, 0.25) is 0 Å². The van der Waals surface area contributed by atoms with Crippen LogP contribution in [0.5, 0.6) is 0 Å². The topological polar surface area (TPSA) is 41.1 Å². The molecule has 3 nitrogen and oxygen atoms in total. The van der Waals surface area contributed by atoms with E-state index in [0.29, 0.717) is 11.5 Å². The molecule has 0 aliphatic carbocycles. The zero-order valence-corrected chi connectivity index (χ0v) is 14.5. The van der Waals surface area contributed by atoms with Crippen molar-refractivity contribution in [3.63, 3.8) is 0 Å². The van der Waals surface area contributed by atoms with Crippen molar-refractivity contribution in [2.45, 2.75) is 19.8 Å². The Morgan fingerprint density at radius 3 is 2.08 bits per heavy atom. The fraction of sp³-hybridized carbons (Fsp3) is 0.136. The minimum Gasteiger partial charge on any atom is -0.355 e. The first-order valence-electron chi connectivity index (χ1n) is 8.46. The smallest absolute Gasteiger partial charge is 0.257 e. The van der Waals surface area contributed by atoms with E-state index in [-0.39, 0.29) is 5.91 Å². The van der Waals surface area contributed by atoms with Gasteiger partial charge in [-0.05, 0) is 41.8 Å². The molecule has 0 spiro atoms. The molecule has 126 valence electrons. The number of rotatable bonds is 5. The van der Waals surface area contributed by atoms with E-state index in [1.165, 1.54) is 0 Å². The summed E-state index contributed by atoms with van der Waals surface area (Å²) in [6.45, 7) is 4.24. The van der Waals surface area contributed by atoms with Gasteiger partial charge in [0.25, 0.3) is 5.91 Å². The van der Waals surface area contributed by atoms with E-state index in [0.717, 1.165) is 22.6 Å². The van der Waals surface area contributed by atoms with Crippen LogP contribution in [0.15, 0.2) is 78.9 Å². The molecule has 0 heterocycles. The molecule has 0 fully saturated rings. The highest BCUT2D eigenvalue weighted by Crippen LogP contribution is 2.26. The lowest BCUT2D eigenvalue weighted by Crippen LogP contribution is -2.15. The Morgan fingerprint density at radius 1 is 0.760 bits per heavy atom. The van der Waals surface area contributed by atoms with E-state index in [2.05, 4.69) is 30.5 Å². The Kier molecular flexibility index (Phi) is 5.14. The van der Waals surface area contributed by atoms with Crippen molar-refractivity contribution in [3.05, 3.63) is 90.0 Å². The third kappa shape index (κ3) is 4.07. The van der Waals surface area contributed by atoms with Crippen LogP contribution in [-0.2, 0) is 0 Å². The molecule has 0 aromatic heterocycles. The second-order valence-electron chi connectivity index (χ2n) is 6.23. The molecule has 0 bridgehead atoms. The van der Waals surface area contributed by atoms with Crippen LogP contribution >= 0.6 is 0 Å². The van der Waals surface area contributed by atoms with Crippen LogP contribution in [0.4, 0.5) is 17.1 Å². The van der Waals surface area contributed by atoms with Crippen molar-refractivity contribution in [2.75, 3.05) is 10.6 Å². The molecule has 1 amide bonds. The molecule has 0 saturated carbocycles. The van der Waals surface area contributed by atoms with Gasteiger partial charge in [-0.15, -0.1) is 0 Å². The first-order valence-corrected chi connectivity index (χ1v) is 8.46. The standard InChI is InChI=1S/C22H22N2O/c1-16(2)18-12-6-8-14-20(18)24-22(25)19-13-7-9-15-21(19)23-17-10-4-3-5-11-17/h3-16,23H,1-2H3,(H,24,25). The minimum absolute atomic E-state index is 0.118. The number of carbonyl (C=O) groups is 1. The normalized spacial score (nSPS) is 10.5. The van der Waals surface area contributed by atoms with Gasteiger partial charge < -0.3 is 10.6 Å². The second-order valence-corrected chi connectivity index (χ2v) is 6.23. The average molecular weight is 330 g/mol. The van der Waals surface area contributed by atoms with Crippen LogP contribution in [0.25, 0.3) is 0 Å². The largest absolute Gasteiger partial charge is 0.355 e. The third-order valence-corrected chi connectivity index (χ3v) is 4.06. The number of para-hydroxylation sites is 3. The van der Waals surface area contributed by atoms with Gasteiger partial charge in [-0.3, -0.25) is 4.79 Å². The molecular weight excluding hydrogens is 308 g/mol. The molecule has 0 unspecified atom stereocenters. The summed E-state index contributed by atoms with van der Waals surface area (Å²) in [5.41, 5.74) is 4.34. The first kappa shape index (κ1) is 16.8. The maximum atomic E-state index is 12.8. The van der Waals surface area contributed by atoms with Crippen LogP contribution in [-0.4, -0.2) is 5.91 Å². The first-order chi connectivity index (χ1) is 12.1. The summed E-state index contributed by atoms with van der Waals surface area (Å²) in [6, 6.07) is 25.3. The SMILES string of the molecule is CC(C)c1ccccc1NC(=O)c1ccccc1Nc1ccccc1. The molecule has 0 aliphatic heterocycles. The van der Waals surface area contributed by atoms with Crippen molar-refractivity contribution < 1.29 is 4.79 Å². The third-order valence-electron chi connectivity index (χ3n) is 4.06. The van der Waals surface area contributed by atoms with E-state index in [1.807, 2.05) is 72.8 Å². The Labute approximate surface area is 148 Å². The summed E-state index contributed by atoms with van der Waals surface area (Å²) in [5, 5.41) is 6.37. The van der Waals surface area contributed by atoms with Crippen LogP contribution in [0, 0.1) is 0 Å². The molecule has 3 aromatic carbocycles. The Bertz CT molecular complexity index is 857. The van der Waals surface area contributed by atoms with E-state index in [1.54, 1.807) is 0 Å². The van der Waals surface area contributed by atoms with Gasteiger partial charge in [-0.1, -0.05) is 62.4 Å². The van der Waals surface area contributed by atoms with E-state index < -0.39 is 0 Å². The van der Waals surface area contributed by atoms with E-state index in [4.69, 9.17) is 0 Å². The maximum absolute atomic E-state index is 12.8. The number of hydrogen-bond donors (Lipinski definition) is 2. The minimum atomic E-state index is -0.118. The molecule has 25 heavy (non-hydrogen) atoms. The lowest BCUT2D eigenvalue weighted by atomic mass is 10.0. The van der Waals surface area contributed by atoms with Crippen LogP contribution < -0.4 is 10.6 Å². The molecule has 0 atom stereocenters. The summed E-state index contributed by atoms with van der Waals surface area (Å²) in [5.74, 6) is 0.223. The van der Waals surface area contributed by atoms with Crippen molar-refractivity contribution in [1.82, 2.24) is 0 Å². The van der Waals surface area contributed by atoms with Gasteiger partial charge in [-0.25, -0.2) is 0 Å². The molecule has 3 rings (SSSR count). The zero-order valence-electron chi connectivity index (χ0n) is 14.5. The summed E-state index contributed by atoms with van der Waals surface area (Å²) < 4.78 is 0. The van der Waals surface area contributed by atoms with Crippen molar-refractivity contribution >= 4 is 23.0 Å². The highest BCUT2D eigenvalue weighted by atomic mass is 16.1. The Morgan fingerprint density at radius 2 is 1.36 bits per heavy atom. The summed E-state index contributed by atoms with van der Waals surface area (Å²) >= 11 is 0. The van der Waals surface area contributed by atoms with Gasteiger partial charge in [-0.2, -0.15) is 0 Å². The Hall–Kier alpha value is -3.07. The van der Waals surface area contributed by atoms with Crippen molar-refractivity contribution in [3.8, 4) is 0 Å². The van der Waals surface area contributed by atoms with E-state index in [9.17, 15) is 4.79 Å². The van der Waals surface area contributed by atoms with Crippen molar-refractivity contribution in [2.24, 2.45) is 0 Å². The quantitative estimate of drug-likeness (QED) is 0.620. The number of nitrogens with one attached hydrogen (secondary N) is 2. The predicted molar refractivity (Wildman–Crippen MR) is 105 cm³/mol. The maximum Gasteiger partial charge on any atom is 0.257 e. The lowest BCUT2D eigenvalue weighted by Gasteiger charge is -2.15. The summed E-state index contributed by atoms with van der Waals surface area (Å²) in [6.07, 6.45) is 0. The van der Waals surface area contributed by atoms with Crippen molar-refractivity contribution in [1.29, 1.82) is 0 Å². The second kappa shape index (κ2) is 7.67. The van der Waals surface area contributed by atoms with Gasteiger partial charge in [0.1, 0.15) is 0 Å². The van der Waals surface area contributed by atoms with Gasteiger partial charge in [0, 0.05) is 11.4 Å². The molecule has 0 saturated heterocycles. The zero-order chi connectivity index (χ0) is 17.6. The number of hydrogen-bond acceptors (Lipinski definition) is 2. The highest BCUT2D eigenvalue weighted by molar-refractivity contribution is 6.08. The van der Waals surface area contributed by atoms with Gasteiger partial charge >= 0.3 is 0 Å². The molecular formula is C22H22N2O. The van der Waals surface area contributed by atoms with Crippen LogP contribution in [0.2, 0.25) is 0 Å². The fourth-order valence-corrected chi connectivity index (χ4v) is 2.77. The number of anilines is 3. The predicted octanol–water partition coefficient (Wildman–Crippen LogP) is 5.81. The Balaban J connectivity index is 1.86. The van der Waals surface area contributed by atoms with Crippen LogP contribution in [0.1, 0.15) is 35.7 Å².